The van der Waals surface area contributed by atoms with Gasteiger partial charge in [-0.05, 0) is 37.8 Å². The second-order valence-electron chi connectivity index (χ2n) is 8.42. The lowest BCUT2D eigenvalue weighted by Gasteiger charge is -2.36. The molecule has 0 bridgehead atoms. The fourth-order valence-electron chi connectivity index (χ4n) is 4.10. The van der Waals surface area contributed by atoms with Crippen LogP contribution in [0.3, 0.4) is 0 Å². The summed E-state index contributed by atoms with van der Waals surface area (Å²) in [6, 6.07) is 11.3. The Bertz CT molecular complexity index is 1060. The smallest absolute Gasteiger partial charge is 0.265 e. The van der Waals surface area contributed by atoms with Crippen molar-refractivity contribution in [3.8, 4) is 0 Å². The predicted molar refractivity (Wildman–Crippen MR) is 122 cm³/mol. The van der Waals surface area contributed by atoms with E-state index in [1.54, 1.807) is 7.05 Å². The molecule has 174 valence electrons. The molecule has 3 rings (SSSR count). The number of hydrogen-bond donors (Lipinski definition) is 1. The van der Waals surface area contributed by atoms with E-state index >= 15 is 0 Å². The predicted octanol–water partition coefficient (Wildman–Crippen LogP) is 2.35. The summed E-state index contributed by atoms with van der Waals surface area (Å²) in [6.07, 6.45) is 3.18. The first-order valence-corrected chi connectivity index (χ1v) is 12.4. The minimum absolute atomic E-state index is 0.0453. The second-order valence-corrected chi connectivity index (χ2v) is 10.4. The molecule has 2 heterocycles. The first kappa shape index (κ1) is 24.0. The largest absolute Gasteiger partial charge is 0.364 e. The van der Waals surface area contributed by atoms with Crippen molar-refractivity contribution in [2.75, 3.05) is 13.1 Å². The van der Waals surface area contributed by atoms with Crippen LogP contribution >= 0.6 is 0 Å². The summed E-state index contributed by atoms with van der Waals surface area (Å²) < 4.78 is 28.9. The Morgan fingerprint density at radius 2 is 1.81 bits per heavy atom. The van der Waals surface area contributed by atoms with Crippen LogP contribution in [0.2, 0.25) is 0 Å². The molecule has 0 aliphatic carbocycles. The lowest BCUT2D eigenvalue weighted by atomic mass is 9.95. The molecular weight excluding hydrogens is 428 g/mol. The minimum Gasteiger partial charge on any atom is -0.364 e. The minimum atomic E-state index is -3.76. The molecule has 0 saturated carbocycles. The lowest BCUT2D eigenvalue weighted by Crippen LogP contribution is -2.46. The van der Waals surface area contributed by atoms with Crippen molar-refractivity contribution in [2.45, 2.75) is 50.6 Å². The van der Waals surface area contributed by atoms with Gasteiger partial charge in [0.2, 0.25) is 15.9 Å². The number of amides is 2. The molecule has 1 atom stereocenters. The number of primary amides is 1. The molecule has 0 spiro atoms. The van der Waals surface area contributed by atoms with Crippen molar-refractivity contribution < 1.29 is 18.0 Å². The third-order valence-corrected chi connectivity index (χ3v) is 8.14. The Labute approximate surface area is 190 Å². The van der Waals surface area contributed by atoms with Gasteiger partial charge in [-0.25, -0.2) is 8.42 Å². The monoisotopic (exact) mass is 460 g/mol. The van der Waals surface area contributed by atoms with Crippen LogP contribution < -0.4 is 5.73 Å². The summed E-state index contributed by atoms with van der Waals surface area (Å²) in [5, 5.41) is 0. The third kappa shape index (κ3) is 5.05. The quantitative estimate of drug-likeness (QED) is 0.653. The molecule has 2 N–H and O–H groups in total. The van der Waals surface area contributed by atoms with Crippen LogP contribution in [-0.2, 0) is 28.4 Å². The summed E-state index contributed by atoms with van der Waals surface area (Å²) in [7, 11) is -2.17. The molecular formula is C23H32N4O4S. The van der Waals surface area contributed by atoms with Crippen molar-refractivity contribution >= 4 is 21.8 Å². The van der Waals surface area contributed by atoms with Gasteiger partial charge in [0.05, 0.1) is 0 Å². The Kier molecular flexibility index (Phi) is 7.40. The van der Waals surface area contributed by atoms with Crippen LogP contribution in [0.4, 0.5) is 0 Å². The number of aromatic nitrogens is 1. The summed E-state index contributed by atoms with van der Waals surface area (Å²) in [4.78, 5) is 26.8. The summed E-state index contributed by atoms with van der Waals surface area (Å²) in [5.41, 5.74) is 6.53. The van der Waals surface area contributed by atoms with Gasteiger partial charge in [-0.15, -0.1) is 0 Å². The van der Waals surface area contributed by atoms with E-state index < -0.39 is 15.9 Å². The Morgan fingerprint density at radius 1 is 1.19 bits per heavy atom. The number of carbonyl (C=O) groups is 2. The van der Waals surface area contributed by atoms with Crippen LogP contribution in [0, 0.1) is 5.92 Å². The standard InChI is InChI=1S/C23H32N4O4S/c1-4-17(2)27(15-18-8-6-5-7-9-18)23(29)19-10-12-26(13-11-19)32(30,31)20-14-21(22(24)28)25(3)16-20/h5-9,14,16-17,19H,4,10-13,15H2,1-3H3,(H2,24,28). The van der Waals surface area contributed by atoms with E-state index in [2.05, 4.69) is 6.92 Å². The highest BCUT2D eigenvalue weighted by Gasteiger charge is 2.35. The van der Waals surface area contributed by atoms with Crippen LogP contribution in [-0.4, -0.2) is 53.1 Å². The maximum atomic E-state index is 13.4. The van der Waals surface area contributed by atoms with E-state index in [0.29, 0.717) is 19.4 Å². The molecule has 1 aromatic carbocycles. The molecule has 8 nitrogen and oxygen atoms in total. The highest BCUT2D eigenvalue weighted by Crippen LogP contribution is 2.27. The van der Waals surface area contributed by atoms with Gasteiger partial charge in [-0.1, -0.05) is 37.3 Å². The van der Waals surface area contributed by atoms with Crippen LogP contribution in [0.15, 0.2) is 47.5 Å². The number of carbonyl (C=O) groups excluding carboxylic acids is 2. The fourth-order valence-corrected chi connectivity index (χ4v) is 5.64. The summed E-state index contributed by atoms with van der Waals surface area (Å²) in [5.74, 6) is -0.811. The maximum absolute atomic E-state index is 13.4. The van der Waals surface area contributed by atoms with Crippen molar-refractivity contribution in [1.82, 2.24) is 13.8 Å². The van der Waals surface area contributed by atoms with Crippen molar-refractivity contribution in [2.24, 2.45) is 18.7 Å². The molecule has 2 amide bonds. The molecule has 1 unspecified atom stereocenters. The number of nitrogens with zero attached hydrogens (tertiary/aromatic N) is 3. The van der Waals surface area contributed by atoms with Gasteiger partial charge in [0.25, 0.3) is 5.91 Å². The van der Waals surface area contributed by atoms with Gasteiger partial charge in [0, 0.05) is 44.8 Å². The number of sulfonamides is 1. The first-order chi connectivity index (χ1) is 15.1. The Balaban J connectivity index is 1.70. The van der Waals surface area contributed by atoms with E-state index in [4.69, 9.17) is 5.73 Å². The van der Waals surface area contributed by atoms with Crippen LogP contribution in [0.5, 0.6) is 0 Å². The molecule has 0 radical (unpaired) electrons. The average Bonchev–Trinajstić information content (AvgIpc) is 3.20. The van der Waals surface area contributed by atoms with Crippen molar-refractivity contribution in [1.29, 1.82) is 0 Å². The van der Waals surface area contributed by atoms with E-state index in [-0.39, 0.29) is 41.5 Å². The van der Waals surface area contributed by atoms with E-state index in [1.165, 1.54) is 21.1 Å². The zero-order valence-corrected chi connectivity index (χ0v) is 19.7. The van der Waals surface area contributed by atoms with E-state index in [9.17, 15) is 18.0 Å². The Morgan fingerprint density at radius 3 is 2.34 bits per heavy atom. The number of rotatable bonds is 8. The van der Waals surface area contributed by atoms with Crippen LogP contribution in [0.1, 0.15) is 49.2 Å². The molecule has 32 heavy (non-hydrogen) atoms. The van der Waals surface area contributed by atoms with E-state index in [0.717, 1.165) is 12.0 Å². The molecule has 1 fully saturated rings. The Hall–Kier alpha value is -2.65. The topological polar surface area (TPSA) is 106 Å². The van der Waals surface area contributed by atoms with Gasteiger partial charge in [-0.2, -0.15) is 4.31 Å². The normalized spacial score (nSPS) is 16.6. The first-order valence-electron chi connectivity index (χ1n) is 11.0. The number of benzene rings is 1. The average molecular weight is 461 g/mol. The molecule has 1 aromatic heterocycles. The number of hydrogen-bond acceptors (Lipinski definition) is 4. The molecule has 9 heteroatoms. The lowest BCUT2D eigenvalue weighted by molar-refractivity contribution is -0.139. The van der Waals surface area contributed by atoms with Gasteiger partial charge in [0.15, 0.2) is 0 Å². The molecule has 1 aliphatic heterocycles. The molecule has 1 saturated heterocycles. The molecule has 1 aliphatic rings. The number of piperidine rings is 1. The van der Waals surface area contributed by atoms with Gasteiger partial charge in [0.1, 0.15) is 10.6 Å². The van der Waals surface area contributed by atoms with Crippen LogP contribution in [0.25, 0.3) is 0 Å². The van der Waals surface area contributed by atoms with Gasteiger partial charge < -0.3 is 15.2 Å². The highest BCUT2D eigenvalue weighted by molar-refractivity contribution is 7.89. The van der Waals surface area contributed by atoms with E-state index in [1.807, 2.05) is 42.2 Å². The SMILES string of the molecule is CCC(C)N(Cc1ccccc1)C(=O)C1CCN(S(=O)(=O)c2cc(C(N)=O)n(C)c2)CC1. The maximum Gasteiger partial charge on any atom is 0.265 e. The van der Waals surface area contributed by atoms with Crippen molar-refractivity contribution in [3.05, 3.63) is 53.9 Å². The zero-order valence-electron chi connectivity index (χ0n) is 18.9. The second kappa shape index (κ2) is 9.87. The summed E-state index contributed by atoms with van der Waals surface area (Å²) >= 11 is 0. The highest BCUT2D eigenvalue weighted by atomic mass is 32.2. The third-order valence-electron chi connectivity index (χ3n) is 6.27. The van der Waals surface area contributed by atoms with Crippen molar-refractivity contribution in [3.63, 3.8) is 0 Å². The zero-order chi connectivity index (χ0) is 23.5. The summed E-state index contributed by atoms with van der Waals surface area (Å²) in [6.45, 7) is 5.18. The molecule has 2 aromatic rings. The number of aryl methyl sites for hydroxylation is 1. The van der Waals surface area contributed by atoms with Gasteiger partial charge >= 0.3 is 0 Å². The van der Waals surface area contributed by atoms with Gasteiger partial charge in [-0.3, -0.25) is 9.59 Å². The number of nitrogens with two attached hydrogens (primary N) is 1. The fraction of sp³-hybridized carbons (Fsp3) is 0.478.